The normalized spacial score (nSPS) is 18.2. The molecule has 2 atom stereocenters. The Labute approximate surface area is 72.6 Å². The maximum absolute atomic E-state index is 5.60. The summed E-state index contributed by atoms with van der Waals surface area (Å²) in [5.41, 5.74) is 0. The monoisotopic (exact) mass is 242 g/mol. The molecule has 0 heterocycles. The van der Waals surface area contributed by atoms with Crippen molar-refractivity contribution in [2.45, 2.75) is 0 Å². The zero-order valence-corrected chi connectivity index (χ0v) is 9.37. The van der Waals surface area contributed by atoms with E-state index in [9.17, 15) is 0 Å². The van der Waals surface area contributed by atoms with Gasteiger partial charge in [0.2, 0.25) is 0 Å². The number of nitrogens with zero attached hydrogens (tertiary/aromatic N) is 1. The van der Waals surface area contributed by atoms with E-state index in [2.05, 4.69) is 9.37 Å². The van der Waals surface area contributed by atoms with E-state index in [0.717, 1.165) is 0 Å². The zero-order valence-electron chi connectivity index (χ0n) is 4.42. The van der Waals surface area contributed by atoms with Gasteiger partial charge in [0.25, 0.3) is 0 Å². The van der Waals surface area contributed by atoms with Gasteiger partial charge >= 0.3 is 0 Å². The van der Waals surface area contributed by atoms with E-state index in [1.54, 1.807) is 0 Å². The van der Waals surface area contributed by atoms with E-state index in [1.807, 2.05) is 6.66 Å². The first kappa shape index (κ1) is 10.8. The van der Waals surface area contributed by atoms with Gasteiger partial charge in [0.15, 0.2) is 7.58 Å². The Balaban J connectivity index is 3.38. The van der Waals surface area contributed by atoms with Crippen molar-refractivity contribution in [3.05, 3.63) is 0 Å². The Bertz CT molecular complexity index is 97.1. The van der Waals surface area contributed by atoms with Crippen molar-refractivity contribution in [3.63, 3.8) is 0 Å². The average molecular weight is 243 g/mol. The molecule has 0 aromatic rings. The molecule has 1 N–H and O–H groups in total. The standard InChI is InChI=1S/CH4Cl3N2P3/c1-8(3)6-9(4)5-7-2/h6H,1H3. The average Bonchev–Trinajstić information content (AvgIpc) is 1.63. The van der Waals surface area contributed by atoms with Crippen LogP contribution in [-0.2, 0) is 0 Å². The van der Waals surface area contributed by atoms with Gasteiger partial charge in [-0.2, -0.15) is 4.52 Å². The molecule has 0 radical (unpaired) electrons. The van der Waals surface area contributed by atoms with Gasteiger partial charge < -0.3 is 0 Å². The lowest BCUT2D eigenvalue weighted by molar-refractivity contribution is 1.65. The first-order chi connectivity index (χ1) is 4.16. The zero-order chi connectivity index (χ0) is 7.28. The van der Waals surface area contributed by atoms with Gasteiger partial charge in [0.1, 0.15) is 7.73 Å². The molecule has 9 heavy (non-hydrogen) atoms. The van der Waals surface area contributed by atoms with Crippen molar-refractivity contribution in [1.29, 1.82) is 0 Å². The molecular formula is CH4Cl3N2P3. The number of nitrogens with one attached hydrogen (secondary N) is 1. The quantitative estimate of drug-likeness (QED) is 0.725. The summed E-state index contributed by atoms with van der Waals surface area (Å²) < 4.78 is 3.75. The lowest BCUT2D eigenvalue weighted by Crippen LogP contribution is -1.85. The van der Waals surface area contributed by atoms with Crippen molar-refractivity contribution in [1.82, 2.24) is 4.86 Å². The van der Waals surface area contributed by atoms with E-state index in [-0.39, 0.29) is 0 Å². The largest absolute Gasteiger partial charge is 0.230 e. The molecule has 0 rings (SSSR count). The molecular weight excluding hydrogens is 239 g/mol. The van der Waals surface area contributed by atoms with Crippen LogP contribution >= 0.6 is 56.4 Å². The molecule has 2 unspecified atom stereocenters. The smallest absolute Gasteiger partial charge is 0.195 e. The maximum Gasteiger partial charge on any atom is 0.195 e. The van der Waals surface area contributed by atoms with Crippen LogP contribution in [0.3, 0.4) is 0 Å². The number of hydrogen-bond donors (Lipinski definition) is 1. The highest BCUT2D eigenvalue weighted by Crippen LogP contribution is 2.51. The van der Waals surface area contributed by atoms with Crippen LogP contribution in [0.5, 0.6) is 0 Å². The van der Waals surface area contributed by atoms with Gasteiger partial charge in [-0.15, -0.1) is 0 Å². The van der Waals surface area contributed by atoms with E-state index in [4.69, 9.17) is 33.7 Å². The molecule has 54 valence electrons. The molecule has 2 nitrogen and oxygen atoms in total. The van der Waals surface area contributed by atoms with Crippen LogP contribution in [0.2, 0.25) is 0 Å². The minimum Gasteiger partial charge on any atom is -0.230 e. The van der Waals surface area contributed by atoms with E-state index in [1.165, 1.54) is 0 Å². The summed E-state index contributed by atoms with van der Waals surface area (Å²) in [7, 11) is -1.28. The third kappa shape index (κ3) is 7.69. The third-order valence-corrected chi connectivity index (χ3v) is 5.57. The minimum absolute atomic E-state index is 0.428. The highest BCUT2D eigenvalue weighted by Gasteiger charge is 2.02. The van der Waals surface area contributed by atoms with Crippen molar-refractivity contribution < 1.29 is 0 Å². The molecule has 0 aromatic heterocycles. The predicted octanol–water partition coefficient (Wildman–Crippen LogP) is 4.51. The first-order valence-corrected chi connectivity index (χ1v) is 8.45. The van der Waals surface area contributed by atoms with Gasteiger partial charge in [0.05, 0.1) is 7.43 Å². The fraction of sp³-hybridized carbons (Fsp3) is 1.00. The van der Waals surface area contributed by atoms with Crippen molar-refractivity contribution in [3.8, 4) is 0 Å². The summed E-state index contributed by atoms with van der Waals surface area (Å²) in [6.45, 7) is 1.84. The summed E-state index contributed by atoms with van der Waals surface area (Å²) in [4.78, 5) is 2.85. The van der Waals surface area contributed by atoms with E-state index in [0.29, 0.717) is 7.73 Å². The topological polar surface area (TPSA) is 24.4 Å². The van der Waals surface area contributed by atoms with E-state index >= 15 is 0 Å². The Kier molecular flexibility index (Phi) is 7.79. The molecule has 0 aromatic carbocycles. The summed E-state index contributed by atoms with van der Waals surface area (Å²) >= 11 is 16.4. The summed E-state index contributed by atoms with van der Waals surface area (Å²) in [6, 6.07) is 0. The molecule has 0 aliphatic rings. The fourth-order valence-electron chi connectivity index (χ4n) is 0.163. The SMILES string of the molecule is CP(Cl)NP(Cl)N=PCl. The molecule has 0 saturated heterocycles. The van der Waals surface area contributed by atoms with Gasteiger partial charge in [-0.3, -0.25) is 0 Å². The van der Waals surface area contributed by atoms with Gasteiger partial charge in [-0.05, 0) is 17.9 Å². The number of halogens is 3. The lowest BCUT2D eigenvalue weighted by Gasteiger charge is -2.04. The van der Waals surface area contributed by atoms with Gasteiger partial charge in [-0.1, -0.05) is 22.5 Å². The third-order valence-electron chi connectivity index (χ3n) is 0.333. The van der Waals surface area contributed by atoms with Crippen LogP contribution in [0.1, 0.15) is 0 Å². The molecule has 0 fully saturated rings. The highest BCUT2D eigenvalue weighted by atomic mass is 35.7. The second-order valence-corrected chi connectivity index (χ2v) is 7.08. The molecule has 0 aliphatic carbocycles. The van der Waals surface area contributed by atoms with Crippen LogP contribution < -0.4 is 4.86 Å². The maximum atomic E-state index is 5.60. The predicted molar refractivity (Wildman–Crippen MR) is 49.8 cm³/mol. The molecule has 0 aliphatic heterocycles. The van der Waals surface area contributed by atoms with Crippen LogP contribution in [0.15, 0.2) is 4.52 Å². The Morgan fingerprint density at radius 1 is 1.56 bits per heavy atom. The summed E-state index contributed by atoms with van der Waals surface area (Å²) in [5.74, 6) is 0. The van der Waals surface area contributed by atoms with Crippen molar-refractivity contribution in [2.24, 2.45) is 4.52 Å². The summed E-state index contributed by atoms with van der Waals surface area (Å²) in [5, 5.41) is 0. The second kappa shape index (κ2) is 6.50. The van der Waals surface area contributed by atoms with Crippen LogP contribution in [-0.4, -0.2) is 6.66 Å². The Morgan fingerprint density at radius 3 is 2.44 bits per heavy atom. The minimum atomic E-state index is -1.02. The van der Waals surface area contributed by atoms with E-state index < -0.39 is 15.0 Å². The molecule has 8 heteroatoms. The van der Waals surface area contributed by atoms with Crippen LogP contribution in [0.4, 0.5) is 0 Å². The molecule has 0 bridgehead atoms. The van der Waals surface area contributed by atoms with Crippen LogP contribution in [0, 0.1) is 0 Å². The van der Waals surface area contributed by atoms with Crippen molar-refractivity contribution in [2.75, 3.05) is 6.66 Å². The van der Waals surface area contributed by atoms with Crippen molar-refractivity contribution >= 4 is 56.4 Å². The molecule has 0 spiro atoms. The first-order valence-electron chi connectivity index (χ1n) is 1.80. The number of rotatable bonds is 3. The molecule has 0 saturated carbocycles. The number of hydrogen-bond acceptors (Lipinski definition) is 2. The Morgan fingerprint density at radius 2 is 2.11 bits per heavy atom. The second-order valence-electron chi connectivity index (χ2n) is 1.00. The van der Waals surface area contributed by atoms with Gasteiger partial charge in [0, 0.05) is 0 Å². The van der Waals surface area contributed by atoms with Crippen LogP contribution in [0.25, 0.3) is 0 Å². The Hall–Kier alpha value is 1.79. The molecule has 0 amide bonds. The fourth-order valence-corrected chi connectivity index (χ4v) is 5.07. The highest BCUT2D eigenvalue weighted by molar-refractivity contribution is 7.95. The van der Waals surface area contributed by atoms with Gasteiger partial charge in [-0.25, -0.2) is 4.86 Å². The summed E-state index contributed by atoms with van der Waals surface area (Å²) in [6.07, 6.45) is 0. The lowest BCUT2D eigenvalue weighted by atomic mass is 12.0.